The van der Waals surface area contributed by atoms with Crippen molar-refractivity contribution in [3.63, 3.8) is 0 Å². The largest absolute Gasteiger partial charge is 0.473 e. The number of carbonyl (C=O) groups excluding carboxylic acids is 1. The van der Waals surface area contributed by atoms with Crippen LogP contribution >= 0.6 is 11.6 Å². The molecule has 1 heterocycles. The number of carbonyl (C=O) groups is 1. The molecule has 0 saturated heterocycles. The predicted octanol–water partition coefficient (Wildman–Crippen LogP) is 5.19. The van der Waals surface area contributed by atoms with Crippen LogP contribution in [0.15, 0.2) is 60.7 Å². The van der Waals surface area contributed by atoms with Crippen molar-refractivity contribution in [2.45, 2.75) is 44.1 Å². The summed E-state index contributed by atoms with van der Waals surface area (Å²) >= 11 is 6.22. The average Bonchev–Trinajstić information content (AvgIpc) is 2.85. The van der Waals surface area contributed by atoms with Crippen LogP contribution < -0.4 is 10.5 Å². The van der Waals surface area contributed by atoms with E-state index in [0.29, 0.717) is 17.3 Å². The second-order valence-corrected chi connectivity index (χ2v) is 8.78. The maximum absolute atomic E-state index is 12.7. The van der Waals surface area contributed by atoms with Gasteiger partial charge in [-0.25, -0.2) is 4.79 Å². The fraction of sp³-hybridized carbons (Fsp3) is 0.346. The highest BCUT2D eigenvalue weighted by atomic mass is 35.5. The molecule has 4 rings (SSSR count). The number of hydrogen-bond donors (Lipinski definition) is 1. The molecule has 0 aliphatic heterocycles. The Kier molecular flexibility index (Phi) is 7.26. The van der Waals surface area contributed by atoms with Gasteiger partial charge < -0.3 is 15.2 Å². The van der Waals surface area contributed by atoms with Gasteiger partial charge in [0.05, 0.1) is 12.3 Å². The van der Waals surface area contributed by atoms with Crippen LogP contribution in [0.4, 0.5) is 0 Å². The Balaban J connectivity index is 1.53. The normalized spacial score (nSPS) is 20.3. The first-order valence-corrected chi connectivity index (χ1v) is 11.7. The molecular weight excluding hydrogens is 438 g/mol. The molecule has 1 fully saturated rings. The minimum atomic E-state index is -0.467. The molecule has 172 valence electrons. The maximum Gasteiger partial charge on any atom is 0.343 e. The number of ether oxygens (including phenoxy) is 2. The van der Waals surface area contributed by atoms with E-state index < -0.39 is 5.97 Å². The van der Waals surface area contributed by atoms with Crippen molar-refractivity contribution in [3.8, 4) is 17.1 Å². The van der Waals surface area contributed by atoms with Crippen LogP contribution in [0.2, 0.25) is 5.02 Å². The summed E-state index contributed by atoms with van der Waals surface area (Å²) < 4.78 is 11.5. The number of aromatic nitrogens is 2. The zero-order chi connectivity index (χ0) is 23.3. The van der Waals surface area contributed by atoms with Crippen LogP contribution in [0.5, 0.6) is 5.88 Å². The van der Waals surface area contributed by atoms with E-state index in [1.54, 1.807) is 13.0 Å². The van der Waals surface area contributed by atoms with Crippen LogP contribution in [0, 0.1) is 0 Å². The lowest BCUT2D eigenvalue weighted by Gasteiger charge is -2.39. The summed E-state index contributed by atoms with van der Waals surface area (Å²) in [6.45, 7) is 2.58. The summed E-state index contributed by atoms with van der Waals surface area (Å²) in [6.07, 6.45) is 3.20. The number of nitrogens with zero attached hydrogens (tertiary/aromatic N) is 2. The highest BCUT2D eigenvalue weighted by Crippen LogP contribution is 2.40. The quantitative estimate of drug-likeness (QED) is 0.483. The minimum Gasteiger partial charge on any atom is -0.473 e. The molecule has 0 amide bonds. The summed E-state index contributed by atoms with van der Waals surface area (Å²) in [5.74, 6) is -0.258. The number of rotatable bonds is 7. The summed E-state index contributed by atoms with van der Waals surface area (Å²) in [4.78, 5) is 12.7. The summed E-state index contributed by atoms with van der Waals surface area (Å²) in [6, 6.07) is 19.2. The fourth-order valence-electron chi connectivity index (χ4n) is 4.42. The first-order chi connectivity index (χ1) is 16.0. The highest BCUT2D eigenvalue weighted by molar-refractivity contribution is 6.30. The van der Waals surface area contributed by atoms with Gasteiger partial charge in [-0.3, -0.25) is 0 Å². The molecule has 6 nitrogen and oxygen atoms in total. The molecule has 2 aromatic carbocycles. The van der Waals surface area contributed by atoms with Crippen molar-refractivity contribution in [1.82, 2.24) is 10.2 Å². The first kappa shape index (κ1) is 23.2. The van der Waals surface area contributed by atoms with E-state index in [1.165, 1.54) is 0 Å². The number of nitrogens with two attached hydrogens (primary N) is 1. The number of benzene rings is 2. The van der Waals surface area contributed by atoms with E-state index >= 15 is 0 Å². The van der Waals surface area contributed by atoms with E-state index in [9.17, 15) is 4.79 Å². The lowest BCUT2D eigenvalue weighted by molar-refractivity contribution is 0.0510. The van der Waals surface area contributed by atoms with E-state index in [0.717, 1.165) is 36.8 Å². The SMILES string of the molecule is CCOC(=O)c1cc(-c2ccccc2)nnc1O[C@H]1CC[C@](CN)(c2cccc(Cl)c2)CC1. The van der Waals surface area contributed by atoms with Gasteiger partial charge in [0.25, 0.3) is 0 Å². The molecule has 0 spiro atoms. The number of esters is 1. The third kappa shape index (κ3) is 5.18. The monoisotopic (exact) mass is 465 g/mol. The molecule has 1 aromatic heterocycles. The zero-order valence-electron chi connectivity index (χ0n) is 18.7. The Morgan fingerprint density at radius 1 is 1.09 bits per heavy atom. The van der Waals surface area contributed by atoms with Crippen LogP contribution in [-0.4, -0.2) is 35.4 Å². The van der Waals surface area contributed by atoms with Gasteiger partial charge in [-0.05, 0) is 56.4 Å². The Morgan fingerprint density at radius 3 is 2.52 bits per heavy atom. The first-order valence-electron chi connectivity index (χ1n) is 11.3. The Bertz CT molecular complexity index is 1100. The van der Waals surface area contributed by atoms with Crippen LogP contribution in [0.1, 0.15) is 48.5 Å². The number of halogens is 1. The topological polar surface area (TPSA) is 87.3 Å². The van der Waals surface area contributed by atoms with Gasteiger partial charge in [-0.15, -0.1) is 10.2 Å². The van der Waals surface area contributed by atoms with Gasteiger partial charge in [0.15, 0.2) is 0 Å². The molecule has 33 heavy (non-hydrogen) atoms. The molecule has 1 saturated carbocycles. The second-order valence-electron chi connectivity index (χ2n) is 8.35. The van der Waals surface area contributed by atoms with Crippen molar-refractivity contribution in [3.05, 3.63) is 76.8 Å². The van der Waals surface area contributed by atoms with Gasteiger partial charge in [0.1, 0.15) is 11.7 Å². The van der Waals surface area contributed by atoms with Crippen LogP contribution in [0.25, 0.3) is 11.3 Å². The molecule has 7 heteroatoms. The standard InChI is InChI=1S/C26H28ClN3O3/c1-2-32-25(31)22-16-23(18-7-4-3-5-8-18)29-30-24(22)33-21-11-13-26(17-28,14-12-21)19-9-6-10-20(27)15-19/h3-10,15-16,21H,2,11-14,17,28H2,1H3/t21-,26-. The Morgan fingerprint density at radius 2 is 1.85 bits per heavy atom. The van der Waals surface area contributed by atoms with Crippen molar-refractivity contribution < 1.29 is 14.3 Å². The molecule has 0 unspecified atom stereocenters. The van der Waals surface area contributed by atoms with Gasteiger partial charge in [-0.1, -0.05) is 54.1 Å². The fourth-order valence-corrected chi connectivity index (χ4v) is 4.61. The molecule has 0 atom stereocenters. The van der Waals surface area contributed by atoms with Gasteiger partial charge in [0.2, 0.25) is 5.88 Å². The van der Waals surface area contributed by atoms with E-state index in [1.807, 2.05) is 48.5 Å². The third-order valence-corrected chi connectivity index (χ3v) is 6.56. The van der Waals surface area contributed by atoms with Crippen molar-refractivity contribution in [2.24, 2.45) is 5.73 Å². The molecule has 2 N–H and O–H groups in total. The Hall–Kier alpha value is -2.96. The predicted molar refractivity (Wildman–Crippen MR) is 128 cm³/mol. The molecule has 1 aliphatic rings. The van der Waals surface area contributed by atoms with E-state index in [2.05, 4.69) is 16.3 Å². The van der Waals surface area contributed by atoms with Crippen molar-refractivity contribution >= 4 is 17.6 Å². The molecule has 0 radical (unpaired) electrons. The van der Waals surface area contributed by atoms with Crippen molar-refractivity contribution in [2.75, 3.05) is 13.2 Å². The molecule has 3 aromatic rings. The summed E-state index contributed by atoms with van der Waals surface area (Å²) in [5.41, 5.74) is 9.01. The van der Waals surface area contributed by atoms with Crippen LogP contribution in [0.3, 0.4) is 0 Å². The molecular formula is C26H28ClN3O3. The average molecular weight is 466 g/mol. The zero-order valence-corrected chi connectivity index (χ0v) is 19.4. The Labute approximate surface area is 199 Å². The van der Waals surface area contributed by atoms with Gasteiger partial charge >= 0.3 is 5.97 Å². The molecule has 0 bridgehead atoms. The van der Waals surface area contributed by atoms with Gasteiger partial charge in [0, 0.05) is 22.5 Å². The van der Waals surface area contributed by atoms with Crippen molar-refractivity contribution in [1.29, 1.82) is 0 Å². The maximum atomic E-state index is 12.7. The summed E-state index contributed by atoms with van der Waals surface area (Å²) in [5, 5.41) is 9.28. The van der Waals surface area contributed by atoms with Gasteiger partial charge in [-0.2, -0.15) is 0 Å². The third-order valence-electron chi connectivity index (χ3n) is 6.32. The highest BCUT2D eigenvalue weighted by Gasteiger charge is 2.37. The van der Waals surface area contributed by atoms with E-state index in [4.69, 9.17) is 26.8 Å². The van der Waals surface area contributed by atoms with E-state index in [-0.39, 0.29) is 29.6 Å². The molecule has 1 aliphatic carbocycles. The smallest absolute Gasteiger partial charge is 0.343 e. The second kappa shape index (κ2) is 10.3. The lowest BCUT2D eigenvalue weighted by atomic mass is 9.69. The number of hydrogen-bond acceptors (Lipinski definition) is 6. The van der Waals surface area contributed by atoms with Crippen LogP contribution in [-0.2, 0) is 10.2 Å². The minimum absolute atomic E-state index is 0.0890. The lowest BCUT2D eigenvalue weighted by Crippen LogP contribution is -2.41. The summed E-state index contributed by atoms with van der Waals surface area (Å²) in [7, 11) is 0.